The highest BCUT2D eigenvalue weighted by molar-refractivity contribution is 9.10. The van der Waals surface area contributed by atoms with Crippen LogP contribution in [0.1, 0.15) is 36.8 Å². The molecule has 1 aliphatic heterocycles. The van der Waals surface area contributed by atoms with Gasteiger partial charge in [-0.05, 0) is 36.5 Å². The van der Waals surface area contributed by atoms with Gasteiger partial charge in [-0.15, -0.1) is 11.6 Å². The molecule has 0 amide bonds. The molecule has 0 N–H and O–H groups in total. The zero-order valence-electron chi connectivity index (χ0n) is 9.59. The first-order chi connectivity index (χ1) is 7.59. The molecule has 1 aliphatic rings. The van der Waals surface area contributed by atoms with Gasteiger partial charge in [-0.3, -0.25) is 0 Å². The topological polar surface area (TPSA) is 9.23 Å². The van der Waals surface area contributed by atoms with Crippen LogP contribution >= 0.6 is 27.5 Å². The summed E-state index contributed by atoms with van der Waals surface area (Å²) in [6.07, 6.45) is 2.18. The lowest BCUT2D eigenvalue weighted by Crippen LogP contribution is -2.12. The van der Waals surface area contributed by atoms with Crippen LogP contribution < -0.4 is 4.74 Å². The molecule has 0 spiro atoms. The first-order valence-electron chi connectivity index (χ1n) is 5.68. The fourth-order valence-corrected chi connectivity index (χ4v) is 2.72. The lowest BCUT2D eigenvalue weighted by atomic mass is 9.96. The molecule has 1 unspecified atom stereocenters. The van der Waals surface area contributed by atoms with Crippen molar-refractivity contribution in [2.75, 3.05) is 6.61 Å². The van der Waals surface area contributed by atoms with Crippen LogP contribution in [0.4, 0.5) is 0 Å². The minimum atomic E-state index is 0.0179. The molecule has 1 nitrogen and oxygen atoms in total. The van der Waals surface area contributed by atoms with Gasteiger partial charge < -0.3 is 4.74 Å². The van der Waals surface area contributed by atoms with Gasteiger partial charge in [-0.1, -0.05) is 29.8 Å². The SMILES string of the molecule is CC(C)C(Cl)c1cc(Br)cc2c1OCCC2. The van der Waals surface area contributed by atoms with E-state index in [9.17, 15) is 0 Å². The summed E-state index contributed by atoms with van der Waals surface area (Å²) in [4.78, 5) is 0. The molecule has 0 bridgehead atoms. The van der Waals surface area contributed by atoms with Crippen molar-refractivity contribution in [1.82, 2.24) is 0 Å². The molecule has 0 aromatic heterocycles. The third kappa shape index (κ3) is 2.38. The van der Waals surface area contributed by atoms with Gasteiger partial charge in [-0.2, -0.15) is 0 Å². The number of hydrogen-bond acceptors (Lipinski definition) is 1. The Bertz CT molecular complexity index is 390. The second-order valence-electron chi connectivity index (χ2n) is 4.58. The maximum atomic E-state index is 6.45. The molecule has 2 rings (SSSR count). The zero-order chi connectivity index (χ0) is 11.7. The normalized spacial score (nSPS) is 16.8. The Labute approximate surface area is 110 Å². The summed E-state index contributed by atoms with van der Waals surface area (Å²) in [7, 11) is 0. The lowest BCUT2D eigenvalue weighted by Gasteiger charge is -2.24. The average Bonchev–Trinajstić information content (AvgIpc) is 2.26. The van der Waals surface area contributed by atoms with E-state index in [2.05, 4.69) is 41.9 Å². The van der Waals surface area contributed by atoms with Crippen LogP contribution in [-0.2, 0) is 6.42 Å². The van der Waals surface area contributed by atoms with Crippen LogP contribution in [0.3, 0.4) is 0 Å². The minimum absolute atomic E-state index is 0.0179. The molecule has 1 aromatic rings. The van der Waals surface area contributed by atoms with Crippen molar-refractivity contribution in [3.8, 4) is 5.75 Å². The zero-order valence-corrected chi connectivity index (χ0v) is 11.9. The Morgan fingerprint density at radius 2 is 2.12 bits per heavy atom. The Balaban J connectivity index is 2.47. The number of rotatable bonds is 2. The molecule has 0 saturated carbocycles. The van der Waals surface area contributed by atoms with Crippen LogP contribution in [0.25, 0.3) is 0 Å². The van der Waals surface area contributed by atoms with Gasteiger partial charge in [0, 0.05) is 10.0 Å². The molecule has 0 aliphatic carbocycles. The molecular weight excluding hydrogens is 287 g/mol. The summed E-state index contributed by atoms with van der Waals surface area (Å²) in [6.45, 7) is 5.07. The van der Waals surface area contributed by atoms with Gasteiger partial charge in [0.1, 0.15) is 5.75 Å². The van der Waals surface area contributed by atoms with Gasteiger partial charge >= 0.3 is 0 Å². The summed E-state index contributed by atoms with van der Waals surface area (Å²) < 4.78 is 6.87. The van der Waals surface area contributed by atoms with Crippen molar-refractivity contribution in [2.24, 2.45) is 5.92 Å². The molecule has 16 heavy (non-hydrogen) atoms. The maximum absolute atomic E-state index is 6.45. The predicted molar refractivity (Wildman–Crippen MR) is 71.4 cm³/mol. The van der Waals surface area contributed by atoms with E-state index in [0.29, 0.717) is 5.92 Å². The average molecular weight is 304 g/mol. The summed E-state index contributed by atoms with van der Waals surface area (Å²) in [5.41, 5.74) is 2.41. The van der Waals surface area contributed by atoms with Crippen molar-refractivity contribution in [3.05, 3.63) is 27.7 Å². The fourth-order valence-electron chi connectivity index (χ4n) is 2.04. The molecule has 0 fully saturated rings. The van der Waals surface area contributed by atoms with Crippen molar-refractivity contribution >= 4 is 27.5 Å². The Hall–Kier alpha value is -0.210. The van der Waals surface area contributed by atoms with Crippen molar-refractivity contribution in [2.45, 2.75) is 32.1 Å². The van der Waals surface area contributed by atoms with E-state index in [1.165, 1.54) is 5.56 Å². The third-order valence-corrected chi connectivity index (χ3v) is 4.08. The summed E-state index contributed by atoms with van der Waals surface area (Å²) in [6, 6.07) is 4.23. The van der Waals surface area contributed by atoms with Crippen LogP contribution in [0, 0.1) is 5.92 Å². The Morgan fingerprint density at radius 3 is 2.81 bits per heavy atom. The van der Waals surface area contributed by atoms with Crippen LogP contribution in [-0.4, -0.2) is 6.61 Å². The monoisotopic (exact) mass is 302 g/mol. The largest absolute Gasteiger partial charge is 0.493 e. The summed E-state index contributed by atoms with van der Waals surface area (Å²) >= 11 is 9.99. The summed E-state index contributed by atoms with van der Waals surface area (Å²) in [5.74, 6) is 1.42. The van der Waals surface area contributed by atoms with Crippen molar-refractivity contribution < 1.29 is 4.74 Å². The van der Waals surface area contributed by atoms with E-state index < -0.39 is 0 Å². The molecule has 0 saturated heterocycles. The first-order valence-corrected chi connectivity index (χ1v) is 6.91. The van der Waals surface area contributed by atoms with Crippen molar-refractivity contribution in [1.29, 1.82) is 0 Å². The highest BCUT2D eigenvalue weighted by atomic mass is 79.9. The van der Waals surface area contributed by atoms with Gasteiger partial charge in [0.05, 0.1) is 12.0 Å². The molecule has 88 valence electrons. The highest BCUT2D eigenvalue weighted by Gasteiger charge is 2.22. The molecule has 1 atom stereocenters. The summed E-state index contributed by atoms with van der Waals surface area (Å²) in [5, 5.41) is 0.0179. The predicted octanol–water partition coefficient (Wildman–Crippen LogP) is 4.71. The smallest absolute Gasteiger partial charge is 0.127 e. The van der Waals surface area contributed by atoms with E-state index in [1.54, 1.807) is 0 Å². The minimum Gasteiger partial charge on any atom is -0.493 e. The van der Waals surface area contributed by atoms with Crippen LogP contribution in [0.2, 0.25) is 0 Å². The Morgan fingerprint density at radius 1 is 1.38 bits per heavy atom. The van der Waals surface area contributed by atoms with E-state index in [0.717, 1.165) is 35.2 Å². The van der Waals surface area contributed by atoms with E-state index in [-0.39, 0.29) is 5.38 Å². The highest BCUT2D eigenvalue weighted by Crippen LogP contribution is 2.41. The fraction of sp³-hybridized carbons (Fsp3) is 0.538. The quantitative estimate of drug-likeness (QED) is 0.719. The molecule has 3 heteroatoms. The number of fused-ring (bicyclic) bond motifs is 1. The second kappa shape index (κ2) is 4.97. The van der Waals surface area contributed by atoms with Gasteiger partial charge in [-0.25, -0.2) is 0 Å². The van der Waals surface area contributed by atoms with Gasteiger partial charge in [0.25, 0.3) is 0 Å². The van der Waals surface area contributed by atoms with Gasteiger partial charge in [0.15, 0.2) is 0 Å². The molecule has 1 aromatic carbocycles. The van der Waals surface area contributed by atoms with Gasteiger partial charge in [0.2, 0.25) is 0 Å². The standard InChI is InChI=1S/C13H16BrClO/c1-8(2)12(15)11-7-10(14)6-9-4-3-5-16-13(9)11/h6-8,12H,3-5H2,1-2H3. The van der Waals surface area contributed by atoms with Crippen LogP contribution in [0.15, 0.2) is 16.6 Å². The van der Waals surface area contributed by atoms with E-state index in [1.807, 2.05) is 0 Å². The van der Waals surface area contributed by atoms with E-state index >= 15 is 0 Å². The molecular formula is C13H16BrClO. The number of ether oxygens (including phenoxy) is 1. The number of hydrogen-bond donors (Lipinski definition) is 0. The Kier molecular flexibility index (Phi) is 3.81. The number of aryl methyl sites for hydroxylation is 1. The number of alkyl halides is 1. The lowest BCUT2D eigenvalue weighted by molar-refractivity contribution is 0.283. The molecule has 0 radical (unpaired) electrons. The van der Waals surface area contributed by atoms with Crippen molar-refractivity contribution in [3.63, 3.8) is 0 Å². The van der Waals surface area contributed by atoms with E-state index in [4.69, 9.17) is 16.3 Å². The second-order valence-corrected chi connectivity index (χ2v) is 5.97. The third-order valence-electron chi connectivity index (χ3n) is 2.88. The van der Waals surface area contributed by atoms with Crippen LogP contribution in [0.5, 0.6) is 5.75 Å². The number of benzene rings is 1. The molecule has 1 heterocycles. The maximum Gasteiger partial charge on any atom is 0.127 e. The first kappa shape index (κ1) is 12.3. The number of halogens is 2.